The standard InChI is InChI=1S/C28H35N5O7S/c1-18-11-33(19(2)15-34)28(35)21-6-5-7-22(30-41(36,37)26-14-32(4)16-29-26)27(21)40-25(18)13-31(3)12-20-8-9-23-24(10-20)39-17-38-23/h5-10,14,16,18-19,25,30,34H,11-13,15,17H2,1-4H3/t18-,19-,25-/m1/s1. The van der Waals surface area contributed by atoms with Crippen LogP contribution in [0.4, 0.5) is 5.69 Å². The number of likely N-dealkylation sites (N-methyl/N-ethyl adjacent to an activating group) is 1. The summed E-state index contributed by atoms with van der Waals surface area (Å²) < 4.78 is 47.9. The Labute approximate surface area is 239 Å². The van der Waals surface area contributed by atoms with Gasteiger partial charge in [0.15, 0.2) is 22.3 Å². The van der Waals surface area contributed by atoms with Gasteiger partial charge in [-0.3, -0.25) is 14.4 Å². The summed E-state index contributed by atoms with van der Waals surface area (Å²) in [5, 5.41) is 9.77. The molecule has 2 N–H and O–H groups in total. The van der Waals surface area contributed by atoms with Crippen LogP contribution in [-0.2, 0) is 23.6 Å². The summed E-state index contributed by atoms with van der Waals surface area (Å²) in [6, 6.07) is 10.1. The Hall–Kier alpha value is -3.81. The Morgan fingerprint density at radius 3 is 2.73 bits per heavy atom. The molecule has 41 heavy (non-hydrogen) atoms. The number of sulfonamides is 1. The van der Waals surface area contributed by atoms with Crippen LogP contribution in [0.5, 0.6) is 17.2 Å². The molecule has 0 saturated carbocycles. The second kappa shape index (κ2) is 11.6. The number of carbonyl (C=O) groups excluding carboxylic acids is 1. The van der Waals surface area contributed by atoms with Crippen molar-refractivity contribution in [2.24, 2.45) is 13.0 Å². The number of aryl methyl sites for hydroxylation is 1. The third-order valence-corrected chi connectivity index (χ3v) is 8.52. The van der Waals surface area contributed by atoms with E-state index in [0.717, 1.165) is 5.56 Å². The number of hydrogen-bond donors (Lipinski definition) is 2. The minimum atomic E-state index is -4.06. The van der Waals surface area contributed by atoms with E-state index in [1.165, 1.54) is 17.1 Å². The van der Waals surface area contributed by atoms with Crippen LogP contribution >= 0.6 is 0 Å². The molecule has 2 aromatic carbocycles. The van der Waals surface area contributed by atoms with Crippen molar-refractivity contribution in [3.05, 3.63) is 60.0 Å². The van der Waals surface area contributed by atoms with Gasteiger partial charge < -0.3 is 28.8 Å². The molecular weight excluding hydrogens is 550 g/mol. The molecule has 0 bridgehead atoms. The number of benzene rings is 2. The normalized spacial score (nSPS) is 19.4. The molecule has 3 heterocycles. The minimum Gasteiger partial charge on any atom is -0.486 e. The molecule has 0 aliphatic carbocycles. The summed E-state index contributed by atoms with van der Waals surface area (Å²) in [7, 11) is -0.415. The Balaban J connectivity index is 1.46. The molecule has 0 fully saturated rings. The van der Waals surface area contributed by atoms with Crippen molar-refractivity contribution in [3.63, 3.8) is 0 Å². The molecule has 5 rings (SSSR count). The second-order valence-corrected chi connectivity index (χ2v) is 12.3. The summed E-state index contributed by atoms with van der Waals surface area (Å²) in [4.78, 5) is 21.4. The van der Waals surface area contributed by atoms with Crippen LogP contribution < -0.4 is 18.9 Å². The number of aromatic nitrogens is 2. The van der Waals surface area contributed by atoms with E-state index >= 15 is 0 Å². The molecular formula is C28H35N5O7S. The third-order valence-electron chi connectivity index (χ3n) is 7.27. The van der Waals surface area contributed by atoms with Crippen molar-refractivity contribution in [2.45, 2.75) is 37.6 Å². The summed E-state index contributed by atoms with van der Waals surface area (Å²) in [6.07, 6.45) is 2.36. The van der Waals surface area contributed by atoms with Crippen molar-refractivity contribution < 1.29 is 32.5 Å². The van der Waals surface area contributed by atoms with Crippen molar-refractivity contribution in [1.29, 1.82) is 0 Å². The summed E-state index contributed by atoms with van der Waals surface area (Å²) in [5.41, 5.74) is 1.38. The van der Waals surface area contributed by atoms with E-state index < -0.39 is 22.2 Å². The maximum absolute atomic E-state index is 13.7. The Kier molecular flexibility index (Phi) is 8.11. The monoisotopic (exact) mass is 585 g/mol. The largest absolute Gasteiger partial charge is 0.486 e. The number of ether oxygens (including phenoxy) is 3. The van der Waals surface area contributed by atoms with E-state index in [-0.39, 0.29) is 47.3 Å². The van der Waals surface area contributed by atoms with Crippen LogP contribution in [0, 0.1) is 5.92 Å². The van der Waals surface area contributed by atoms with Crippen molar-refractivity contribution in [3.8, 4) is 17.2 Å². The zero-order valence-corrected chi connectivity index (χ0v) is 24.3. The molecule has 0 radical (unpaired) electrons. The number of aliphatic hydroxyl groups excluding tert-OH is 1. The van der Waals surface area contributed by atoms with Gasteiger partial charge in [-0.05, 0) is 43.8 Å². The highest BCUT2D eigenvalue weighted by molar-refractivity contribution is 7.92. The fourth-order valence-electron chi connectivity index (χ4n) is 4.99. The van der Waals surface area contributed by atoms with Crippen molar-refractivity contribution in [2.75, 3.05) is 38.3 Å². The van der Waals surface area contributed by atoms with E-state index in [1.807, 2.05) is 32.2 Å². The van der Waals surface area contributed by atoms with Crippen LogP contribution in [-0.4, -0.2) is 84.5 Å². The van der Waals surface area contributed by atoms with Gasteiger partial charge in [0.25, 0.3) is 15.9 Å². The van der Waals surface area contributed by atoms with Gasteiger partial charge in [-0.2, -0.15) is 8.42 Å². The molecule has 2 aliphatic rings. The first kappa shape index (κ1) is 28.7. The van der Waals surface area contributed by atoms with Crippen molar-refractivity contribution in [1.82, 2.24) is 19.4 Å². The van der Waals surface area contributed by atoms with Gasteiger partial charge in [0.1, 0.15) is 6.10 Å². The molecule has 1 aromatic heterocycles. The lowest BCUT2D eigenvalue weighted by Gasteiger charge is -2.38. The average molecular weight is 586 g/mol. The first-order valence-corrected chi connectivity index (χ1v) is 14.8. The number of amides is 1. The Morgan fingerprint density at radius 2 is 2.00 bits per heavy atom. The number of para-hydroxylation sites is 1. The highest BCUT2D eigenvalue weighted by Crippen LogP contribution is 2.36. The quantitative estimate of drug-likeness (QED) is 0.388. The van der Waals surface area contributed by atoms with Crippen molar-refractivity contribution >= 4 is 21.6 Å². The van der Waals surface area contributed by atoms with E-state index in [9.17, 15) is 18.3 Å². The van der Waals surface area contributed by atoms with Gasteiger partial charge >= 0.3 is 0 Å². The lowest BCUT2D eigenvalue weighted by molar-refractivity contribution is 0.0344. The Bertz CT molecular complexity index is 1530. The van der Waals surface area contributed by atoms with Crippen LogP contribution in [0.25, 0.3) is 0 Å². The molecule has 3 aromatic rings. The number of rotatable bonds is 9. The number of aliphatic hydroxyl groups is 1. The topological polar surface area (TPSA) is 135 Å². The Morgan fingerprint density at radius 1 is 1.22 bits per heavy atom. The fourth-order valence-corrected chi connectivity index (χ4v) is 6.03. The summed E-state index contributed by atoms with van der Waals surface area (Å²) in [5.74, 6) is 1.06. The SMILES string of the molecule is C[C@@H]1CN([C@H](C)CO)C(=O)c2cccc(NS(=O)(=O)c3cn(C)cn3)c2O[C@@H]1CN(C)Cc1ccc2c(c1)OCO2. The molecule has 0 unspecified atom stereocenters. The van der Waals surface area contributed by atoms with E-state index in [2.05, 4.69) is 14.6 Å². The molecule has 13 heteroatoms. The predicted molar refractivity (Wildman–Crippen MR) is 151 cm³/mol. The van der Waals surface area contributed by atoms with Crippen LogP contribution in [0.15, 0.2) is 53.9 Å². The maximum Gasteiger partial charge on any atom is 0.281 e. The van der Waals surface area contributed by atoms with E-state index in [1.54, 1.807) is 37.1 Å². The molecule has 0 spiro atoms. The van der Waals surface area contributed by atoms with E-state index in [0.29, 0.717) is 31.1 Å². The molecule has 0 saturated heterocycles. The number of imidazole rings is 1. The lowest BCUT2D eigenvalue weighted by Crippen LogP contribution is -2.49. The van der Waals surface area contributed by atoms with Gasteiger partial charge in [0.05, 0.1) is 30.2 Å². The second-order valence-electron chi connectivity index (χ2n) is 10.7. The van der Waals surface area contributed by atoms with Crippen LogP contribution in [0.3, 0.4) is 0 Å². The molecule has 220 valence electrons. The fraction of sp³-hybridized carbons (Fsp3) is 0.429. The zero-order chi connectivity index (χ0) is 29.3. The van der Waals surface area contributed by atoms with Gasteiger partial charge in [-0.25, -0.2) is 4.98 Å². The summed E-state index contributed by atoms with van der Waals surface area (Å²) in [6.45, 7) is 5.18. The number of anilines is 1. The first-order chi connectivity index (χ1) is 19.6. The molecule has 12 nitrogen and oxygen atoms in total. The van der Waals surface area contributed by atoms with Gasteiger partial charge in [-0.15, -0.1) is 0 Å². The van der Waals surface area contributed by atoms with E-state index in [4.69, 9.17) is 14.2 Å². The first-order valence-electron chi connectivity index (χ1n) is 13.3. The zero-order valence-electron chi connectivity index (χ0n) is 23.5. The molecule has 2 aliphatic heterocycles. The predicted octanol–water partition coefficient (Wildman–Crippen LogP) is 2.30. The lowest BCUT2D eigenvalue weighted by atomic mass is 9.99. The van der Waals surface area contributed by atoms with Gasteiger partial charge in [0, 0.05) is 38.8 Å². The number of fused-ring (bicyclic) bond motifs is 2. The smallest absolute Gasteiger partial charge is 0.281 e. The minimum absolute atomic E-state index is 0.135. The highest BCUT2D eigenvalue weighted by atomic mass is 32.2. The van der Waals surface area contributed by atoms with Crippen LogP contribution in [0.2, 0.25) is 0 Å². The number of nitrogens with zero attached hydrogens (tertiary/aromatic N) is 4. The number of hydrogen-bond acceptors (Lipinski definition) is 9. The maximum atomic E-state index is 13.7. The molecule has 1 amide bonds. The molecule has 3 atom stereocenters. The average Bonchev–Trinajstić information content (AvgIpc) is 3.59. The number of nitrogens with one attached hydrogen (secondary N) is 1. The number of carbonyl (C=O) groups is 1. The van der Waals surface area contributed by atoms with Gasteiger partial charge in [0.2, 0.25) is 6.79 Å². The third kappa shape index (κ3) is 6.11. The highest BCUT2D eigenvalue weighted by Gasteiger charge is 2.35. The van der Waals surface area contributed by atoms with Gasteiger partial charge in [-0.1, -0.05) is 19.1 Å². The summed E-state index contributed by atoms with van der Waals surface area (Å²) >= 11 is 0. The van der Waals surface area contributed by atoms with Crippen LogP contribution in [0.1, 0.15) is 29.8 Å².